The van der Waals surface area contributed by atoms with E-state index in [2.05, 4.69) is 19.0 Å². The standard InChI is InChI=1S/C19H26N2O4/c1-12-7-5-8-13(2)21(12)19(22)17-11-15(20-25-17)14-9-6-10-16(23-3)18(14)24-4/h6,9-10,12-13,17H,5,7-8,11H2,1-4H3/t12-,13-,17+/m1/s1. The van der Waals surface area contributed by atoms with Gasteiger partial charge in [-0.15, -0.1) is 0 Å². The van der Waals surface area contributed by atoms with Gasteiger partial charge in [0.2, 0.25) is 6.10 Å². The molecule has 1 aromatic rings. The van der Waals surface area contributed by atoms with Gasteiger partial charge in [0, 0.05) is 24.1 Å². The number of carbonyl (C=O) groups excluding carboxylic acids is 1. The highest BCUT2D eigenvalue weighted by Gasteiger charge is 2.38. The molecule has 0 radical (unpaired) electrons. The maximum Gasteiger partial charge on any atom is 0.267 e. The van der Waals surface area contributed by atoms with Gasteiger partial charge in [0.1, 0.15) is 0 Å². The van der Waals surface area contributed by atoms with E-state index in [9.17, 15) is 4.79 Å². The van der Waals surface area contributed by atoms with Crippen LogP contribution in [0.2, 0.25) is 0 Å². The quantitative estimate of drug-likeness (QED) is 0.841. The Bertz CT molecular complexity index is 663. The number of ether oxygens (including phenoxy) is 2. The number of carbonyl (C=O) groups is 1. The van der Waals surface area contributed by atoms with Crippen LogP contribution in [-0.2, 0) is 9.63 Å². The van der Waals surface area contributed by atoms with Crippen LogP contribution >= 0.6 is 0 Å². The molecule has 3 rings (SSSR count). The third kappa shape index (κ3) is 3.30. The lowest BCUT2D eigenvalue weighted by atomic mass is 9.95. The molecule has 6 heteroatoms. The van der Waals surface area contributed by atoms with E-state index in [1.165, 1.54) is 6.42 Å². The molecular weight excluding hydrogens is 320 g/mol. The van der Waals surface area contributed by atoms with Crippen molar-refractivity contribution in [3.05, 3.63) is 23.8 Å². The summed E-state index contributed by atoms with van der Waals surface area (Å²) in [5.41, 5.74) is 1.52. The molecule has 0 spiro atoms. The van der Waals surface area contributed by atoms with Gasteiger partial charge in [0.15, 0.2) is 11.5 Å². The van der Waals surface area contributed by atoms with Crippen molar-refractivity contribution in [3.8, 4) is 11.5 Å². The Balaban J connectivity index is 1.76. The van der Waals surface area contributed by atoms with Gasteiger partial charge in [-0.1, -0.05) is 11.2 Å². The summed E-state index contributed by atoms with van der Waals surface area (Å²) in [4.78, 5) is 20.4. The van der Waals surface area contributed by atoms with Crippen LogP contribution in [0.25, 0.3) is 0 Å². The normalized spacial score (nSPS) is 26.0. The number of hydrogen-bond acceptors (Lipinski definition) is 5. The number of nitrogens with zero attached hydrogens (tertiary/aromatic N) is 2. The molecule has 1 amide bonds. The lowest BCUT2D eigenvalue weighted by molar-refractivity contribution is -0.148. The van der Waals surface area contributed by atoms with Gasteiger partial charge in [-0.05, 0) is 45.2 Å². The summed E-state index contributed by atoms with van der Waals surface area (Å²) >= 11 is 0. The minimum Gasteiger partial charge on any atom is -0.493 e. The number of methoxy groups -OCH3 is 2. The topological polar surface area (TPSA) is 60.4 Å². The van der Waals surface area contributed by atoms with E-state index >= 15 is 0 Å². The summed E-state index contributed by atoms with van der Waals surface area (Å²) in [6.45, 7) is 4.21. The molecule has 2 aliphatic heterocycles. The Labute approximate surface area is 148 Å². The molecule has 2 aliphatic rings. The maximum absolute atomic E-state index is 12.9. The third-order valence-corrected chi connectivity index (χ3v) is 5.11. The summed E-state index contributed by atoms with van der Waals surface area (Å²) in [7, 11) is 3.19. The fourth-order valence-corrected chi connectivity index (χ4v) is 3.81. The summed E-state index contributed by atoms with van der Waals surface area (Å²) in [5, 5.41) is 4.17. The smallest absolute Gasteiger partial charge is 0.267 e. The second-order valence-electron chi connectivity index (χ2n) is 6.75. The molecule has 3 atom stereocenters. The Morgan fingerprint density at radius 2 is 1.92 bits per heavy atom. The molecule has 6 nitrogen and oxygen atoms in total. The van der Waals surface area contributed by atoms with Crippen molar-refractivity contribution in [3.63, 3.8) is 0 Å². The van der Waals surface area contributed by atoms with Crippen molar-refractivity contribution in [2.24, 2.45) is 5.16 Å². The molecule has 2 heterocycles. The fourth-order valence-electron chi connectivity index (χ4n) is 3.81. The number of oxime groups is 1. The van der Waals surface area contributed by atoms with E-state index in [1.54, 1.807) is 14.2 Å². The zero-order valence-corrected chi connectivity index (χ0v) is 15.3. The summed E-state index contributed by atoms with van der Waals surface area (Å²) < 4.78 is 10.8. The summed E-state index contributed by atoms with van der Waals surface area (Å²) in [6.07, 6.45) is 3.13. The van der Waals surface area contributed by atoms with Crippen molar-refractivity contribution in [2.75, 3.05) is 14.2 Å². The number of hydrogen-bond donors (Lipinski definition) is 0. The molecule has 0 saturated carbocycles. The van der Waals surface area contributed by atoms with Gasteiger partial charge in [-0.25, -0.2) is 0 Å². The molecule has 1 fully saturated rings. The van der Waals surface area contributed by atoms with E-state index in [-0.39, 0.29) is 18.0 Å². The first-order valence-electron chi connectivity index (χ1n) is 8.83. The lowest BCUT2D eigenvalue weighted by Gasteiger charge is -2.39. The Morgan fingerprint density at radius 3 is 2.56 bits per heavy atom. The number of benzene rings is 1. The molecule has 0 unspecified atom stereocenters. The third-order valence-electron chi connectivity index (χ3n) is 5.11. The predicted octanol–water partition coefficient (Wildman–Crippen LogP) is 2.99. The van der Waals surface area contributed by atoms with E-state index in [0.29, 0.717) is 23.6 Å². The SMILES string of the molecule is COc1cccc(C2=NO[C@H](C(=O)N3[C@H](C)CCC[C@H]3C)C2)c1OC. The molecular formula is C19H26N2O4. The van der Waals surface area contributed by atoms with Crippen molar-refractivity contribution in [1.29, 1.82) is 0 Å². The van der Waals surface area contributed by atoms with Crippen LogP contribution in [0.3, 0.4) is 0 Å². The molecule has 0 aromatic heterocycles. The molecule has 1 saturated heterocycles. The molecule has 0 aliphatic carbocycles. The van der Waals surface area contributed by atoms with Crippen LogP contribution < -0.4 is 9.47 Å². The first kappa shape index (κ1) is 17.6. The average molecular weight is 346 g/mol. The monoisotopic (exact) mass is 346 g/mol. The van der Waals surface area contributed by atoms with Crippen LogP contribution in [0.15, 0.2) is 23.4 Å². The molecule has 0 N–H and O–H groups in total. The van der Waals surface area contributed by atoms with Crippen LogP contribution in [0.4, 0.5) is 0 Å². The Hall–Kier alpha value is -2.24. The second-order valence-corrected chi connectivity index (χ2v) is 6.75. The Morgan fingerprint density at radius 1 is 1.20 bits per heavy atom. The van der Waals surface area contributed by atoms with Crippen molar-refractivity contribution in [2.45, 2.75) is 57.7 Å². The van der Waals surface area contributed by atoms with E-state index in [0.717, 1.165) is 18.4 Å². The minimum atomic E-state index is -0.561. The second kappa shape index (κ2) is 7.33. The minimum absolute atomic E-state index is 0.0281. The van der Waals surface area contributed by atoms with Gasteiger partial charge < -0.3 is 19.2 Å². The van der Waals surface area contributed by atoms with E-state index < -0.39 is 6.10 Å². The summed E-state index contributed by atoms with van der Waals surface area (Å²) in [6, 6.07) is 6.11. The van der Waals surface area contributed by atoms with Gasteiger partial charge in [-0.2, -0.15) is 0 Å². The van der Waals surface area contributed by atoms with Gasteiger partial charge in [0.25, 0.3) is 5.91 Å². The predicted molar refractivity (Wildman–Crippen MR) is 95.2 cm³/mol. The van der Waals surface area contributed by atoms with Crippen molar-refractivity contribution in [1.82, 2.24) is 4.90 Å². The number of likely N-dealkylation sites (tertiary alicyclic amines) is 1. The van der Waals surface area contributed by atoms with E-state index in [1.807, 2.05) is 23.1 Å². The maximum atomic E-state index is 12.9. The summed E-state index contributed by atoms with van der Waals surface area (Å²) in [5.74, 6) is 1.27. The van der Waals surface area contributed by atoms with Crippen LogP contribution in [0.1, 0.15) is 45.1 Å². The fraction of sp³-hybridized carbons (Fsp3) is 0.579. The van der Waals surface area contributed by atoms with Gasteiger partial charge in [-0.3, -0.25) is 4.79 Å². The van der Waals surface area contributed by atoms with Crippen LogP contribution in [0, 0.1) is 0 Å². The molecule has 1 aromatic carbocycles. The van der Waals surface area contributed by atoms with Crippen molar-refractivity contribution >= 4 is 11.6 Å². The highest BCUT2D eigenvalue weighted by atomic mass is 16.6. The number of rotatable bonds is 4. The first-order chi connectivity index (χ1) is 12.1. The average Bonchev–Trinajstić information content (AvgIpc) is 3.10. The van der Waals surface area contributed by atoms with E-state index in [4.69, 9.17) is 14.3 Å². The molecule has 136 valence electrons. The largest absolute Gasteiger partial charge is 0.493 e. The first-order valence-corrected chi connectivity index (χ1v) is 8.83. The molecule has 0 bridgehead atoms. The Kier molecular flexibility index (Phi) is 5.16. The number of para-hydroxylation sites is 1. The van der Waals surface area contributed by atoms with Crippen molar-refractivity contribution < 1.29 is 19.1 Å². The van der Waals surface area contributed by atoms with Gasteiger partial charge in [0.05, 0.1) is 19.9 Å². The van der Waals surface area contributed by atoms with Crippen LogP contribution in [0.5, 0.6) is 11.5 Å². The molecule has 25 heavy (non-hydrogen) atoms. The lowest BCUT2D eigenvalue weighted by Crippen LogP contribution is -2.51. The number of piperidine rings is 1. The highest BCUT2D eigenvalue weighted by Crippen LogP contribution is 2.34. The highest BCUT2D eigenvalue weighted by molar-refractivity contribution is 6.06. The zero-order valence-electron chi connectivity index (χ0n) is 15.3. The number of amides is 1. The van der Waals surface area contributed by atoms with Gasteiger partial charge >= 0.3 is 0 Å². The van der Waals surface area contributed by atoms with Crippen LogP contribution in [-0.4, -0.2) is 48.9 Å². The zero-order chi connectivity index (χ0) is 18.0.